The topological polar surface area (TPSA) is 216 Å². The molecule has 0 bridgehead atoms. The molecule has 14 heteroatoms. The summed E-state index contributed by atoms with van der Waals surface area (Å²) < 4.78 is 5.65. The number of hydroxylamine groups is 2. The average molecular weight is 603 g/mol. The number of aliphatic carboxylic acids is 2. The number of furan rings is 1. The van der Waals surface area contributed by atoms with E-state index in [0.717, 1.165) is 19.3 Å². The standard InChI is InChI=1S/C29H38N4O10/c1-4-6-7-8-20(22(5-2)33(42)16-34)26(37)30-15-31-28(39)24-12-11-23(43-24)18-9-10-19(17(3)13-18)27(38)32-21(29(40)41)14-25(35)36/h9-13,16,20-22,42H,4-8,14-15H2,1-3H3,(H,30,37)(H,31,39)(H,32,38)(H,35,36)(H,40,41). The molecular formula is C29H38N4O10. The van der Waals surface area contributed by atoms with Gasteiger partial charge in [0, 0.05) is 11.1 Å². The Labute approximate surface area is 248 Å². The van der Waals surface area contributed by atoms with Crippen LogP contribution in [0.3, 0.4) is 0 Å². The molecular weight excluding hydrogens is 564 g/mol. The number of amides is 4. The first kappa shape index (κ1) is 34.5. The number of aryl methyl sites for hydroxylation is 1. The Bertz CT molecular complexity index is 1310. The van der Waals surface area contributed by atoms with Crippen molar-refractivity contribution in [3.63, 3.8) is 0 Å². The molecule has 3 atom stereocenters. The van der Waals surface area contributed by atoms with Crippen molar-refractivity contribution in [3.8, 4) is 11.3 Å². The van der Waals surface area contributed by atoms with Gasteiger partial charge in [-0.15, -0.1) is 0 Å². The van der Waals surface area contributed by atoms with Gasteiger partial charge in [-0.2, -0.15) is 0 Å². The summed E-state index contributed by atoms with van der Waals surface area (Å²) in [6.45, 7) is 5.16. The minimum Gasteiger partial charge on any atom is -0.481 e. The van der Waals surface area contributed by atoms with Crippen LogP contribution in [0.15, 0.2) is 34.7 Å². The Kier molecular flexibility index (Phi) is 13.4. The molecule has 14 nitrogen and oxygen atoms in total. The lowest BCUT2D eigenvalue weighted by molar-refractivity contribution is -0.168. The largest absolute Gasteiger partial charge is 0.481 e. The zero-order chi connectivity index (χ0) is 32.1. The number of hydrogen-bond acceptors (Lipinski definition) is 8. The van der Waals surface area contributed by atoms with E-state index in [4.69, 9.17) is 14.6 Å². The zero-order valence-electron chi connectivity index (χ0n) is 24.3. The highest BCUT2D eigenvalue weighted by Gasteiger charge is 2.30. The molecule has 1 aromatic heterocycles. The maximum atomic E-state index is 12.9. The number of nitrogens with zero attached hydrogens (tertiary/aromatic N) is 1. The molecule has 1 heterocycles. The molecule has 0 saturated heterocycles. The monoisotopic (exact) mass is 602 g/mol. The quantitative estimate of drug-likeness (QED) is 0.0482. The van der Waals surface area contributed by atoms with Crippen molar-refractivity contribution >= 4 is 36.1 Å². The molecule has 2 aromatic rings. The van der Waals surface area contributed by atoms with Crippen molar-refractivity contribution in [2.75, 3.05) is 6.67 Å². The molecule has 3 unspecified atom stereocenters. The van der Waals surface area contributed by atoms with E-state index in [2.05, 4.69) is 16.0 Å². The Morgan fingerprint density at radius 3 is 2.30 bits per heavy atom. The first-order chi connectivity index (χ1) is 20.4. The Morgan fingerprint density at radius 2 is 1.72 bits per heavy atom. The third-order valence-electron chi connectivity index (χ3n) is 6.87. The van der Waals surface area contributed by atoms with E-state index in [1.54, 1.807) is 26.0 Å². The first-order valence-corrected chi connectivity index (χ1v) is 13.9. The molecule has 0 saturated carbocycles. The van der Waals surface area contributed by atoms with Crippen LogP contribution in [0, 0.1) is 12.8 Å². The number of carboxylic acid groups (broad SMARTS) is 2. The molecule has 0 radical (unpaired) electrons. The van der Waals surface area contributed by atoms with E-state index in [-0.39, 0.29) is 24.4 Å². The van der Waals surface area contributed by atoms with Gasteiger partial charge >= 0.3 is 11.9 Å². The van der Waals surface area contributed by atoms with Crippen LogP contribution in [0.25, 0.3) is 11.3 Å². The Morgan fingerprint density at radius 1 is 1.00 bits per heavy atom. The predicted molar refractivity (Wildman–Crippen MR) is 152 cm³/mol. The number of nitrogens with one attached hydrogen (secondary N) is 3. The maximum Gasteiger partial charge on any atom is 0.326 e. The second-order valence-electron chi connectivity index (χ2n) is 9.94. The second kappa shape index (κ2) is 16.7. The van der Waals surface area contributed by atoms with Gasteiger partial charge in [0.15, 0.2) is 5.76 Å². The number of rotatable bonds is 18. The predicted octanol–water partition coefficient (Wildman–Crippen LogP) is 2.54. The fourth-order valence-corrected chi connectivity index (χ4v) is 4.57. The molecule has 0 spiro atoms. The van der Waals surface area contributed by atoms with Crippen molar-refractivity contribution < 1.29 is 48.6 Å². The van der Waals surface area contributed by atoms with Crippen LogP contribution in [0.4, 0.5) is 0 Å². The van der Waals surface area contributed by atoms with E-state index >= 15 is 0 Å². The number of carbonyl (C=O) groups excluding carboxylic acids is 4. The number of unbranched alkanes of at least 4 members (excludes halogenated alkanes) is 2. The number of hydrogen-bond donors (Lipinski definition) is 6. The summed E-state index contributed by atoms with van der Waals surface area (Å²) >= 11 is 0. The molecule has 234 valence electrons. The fraction of sp³-hybridized carbons (Fsp3) is 0.448. The molecule has 2 rings (SSSR count). The van der Waals surface area contributed by atoms with Gasteiger partial charge in [0.25, 0.3) is 11.8 Å². The third kappa shape index (κ3) is 9.95. The summed E-state index contributed by atoms with van der Waals surface area (Å²) in [5.74, 6) is -5.03. The van der Waals surface area contributed by atoms with Crippen LogP contribution >= 0.6 is 0 Å². The highest BCUT2D eigenvalue weighted by molar-refractivity contribution is 5.99. The van der Waals surface area contributed by atoms with Gasteiger partial charge in [-0.3, -0.25) is 29.2 Å². The lowest BCUT2D eigenvalue weighted by Crippen LogP contribution is -2.47. The molecule has 4 amide bonds. The number of carbonyl (C=O) groups is 6. The fourth-order valence-electron chi connectivity index (χ4n) is 4.57. The molecule has 43 heavy (non-hydrogen) atoms. The smallest absolute Gasteiger partial charge is 0.326 e. The van der Waals surface area contributed by atoms with E-state index in [9.17, 15) is 34.0 Å². The minimum absolute atomic E-state index is 0.0462. The van der Waals surface area contributed by atoms with Gasteiger partial charge in [-0.25, -0.2) is 9.86 Å². The Balaban J connectivity index is 2.04. The second-order valence-corrected chi connectivity index (χ2v) is 9.94. The molecule has 1 aromatic carbocycles. The lowest BCUT2D eigenvalue weighted by Gasteiger charge is -2.29. The SMILES string of the molecule is CCCCCC(C(=O)NCNC(=O)c1ccc(-c2ccc(C(=O)NC(CC(=O)O)C(=O)O)c(C)c2)o1)C(CC)N(O)C=O. The summed E-state index contributed by atoms with van der Waals surface area (Å²) in [4.78, 5) is 71.4. The summed E-state index contributed by atoms with van der Waals surface area (Å²) in [6.07, 6.45) is 2.87. The van der Waals surface area contributed by atoms with Gasteiger partial charge in [0.1, 0.15) is 11.8 Å². The lowest BCUT2D eigenvalue weighted by atomic mass is 9.90. The highest BCUT2D eigenvalue weighted by atomic mass is 16.5. The van der Waals surface area contributed by atoms with Crippen molar-refractivity contribution in [2.45, 2.75) is 71.4 Å². The molecule has 0 aliphatic carbocycles. The van der Waals surface area contributed by atoms with Gasteiger partial charge in [-0.05, 0) is 49.6 Å². The zero-order valence-corrected chi connectivity index (χ0v) is 24.3. The van der Waals surface area contributed by atoms with Crippen molar-refractivity contribution in [1.29, 1.82) is 0 Å². The van der Waals surface area contributed by atoms with Gasteiger partial charge in [-0.1, -0.05) is 39.2 Å². The van der Waals surface area contributed by atoms with Crippen LogP contribution in [-0.2, 0) is 19.2 Å². The van der Waals surface area contributed by atoms with E-state index in [1.807, 2.05) is 6.92 Å². The molecule has 0 aliphatic heterocycles. The van der Waals surface area contributed by atoms with Crippen molar-refractivity contribution in [2.24, 2.45) is 5.92 Å². The van der Waals surface area contributed by atoms with Crippen LogP contribution in [-0.4, -0.2) is 75.3 Å². The summed E-state index contributed by atoms with van der Waals surface area (Å²) in [5, 5.41) is 35.8. The van der Waals surface area contributed by atoms with Gasteiger partial charge in [0.2, 0.25) is 12.3 Å². The first-order valence-electron chi connectivity index (χ1n) is 13.9. The van der Waals surface area contributed by atoms with Crippen molar-refractivity contribution in [3.05, 3.63) is 47.2 Å². The molecule has 0 aliphatic rings. The molecule has 6 N–H and O–H groups in total. The van der Waals surface area contributed by atoms with Crippen LogP contribution < -0.4 is 16.0 Å². The Hall–Kier alpha value is -4.72. The third-order valence-corrected chi connectivity index (χ3v) is 6.87. The number of benzene rings is 1. The van der Waals surface area contributed by atoms with Crippen molar-refractivity contribution in [1.82, 2.24) is 21.0 Å². The maximum absolute atomic E-state index is 12.9. The van der Waals surface area contributed by atoms with Crippen LogP contribution in [0.5, 0.6) is 0 Å². The normalized spacial score (nSPS) is 12.8. The van der Waals surface area contributed by atoms with E-state index in [1.165, 1.54) is 18.2 Å². The van der Waals surface area contributed by atoms with E-state index < -0.39 is 54.1 Å². The number of carboxylic acids is 2. The minimum atomic E-state index is -1.60. The average Bonchev–Trinajstić information content (AvgIpc) is 3.46. The van der Waals surface area contributed by atoms with Crippen LogP contribution in [0.2, 0.25) is 0 Å². The van der Waals surface area contributed by atoms with Gasteiger partial charge in [0.05, 0.1) is 25.0 Å². The van der Waals surface area contributed by atoms with Gasteiger partial charge < -0.3 is 30.6 Å². The summed E-state index contributed by atoms with van der Waals surface area (Å²) in [6, 6.07) is 5.22. The van der Waals surface area contributed by atoms with E-state index in [0.29, 0.717) is 34.8 Å². The highest BCUT2D eigenvalue weighted by Crippen LogP contribution is 2.25. The van der Waals surface area contributed by atoms with Crippen LogP contribution in [0.1, 0.15) is 78.8 Å². The summed E-state index contributed by atoms with van der Waals surface area (Å²) in [7, 11) is 0. The summed E-state index contributed by atoms with van der Waals surface area (Å²) in [5.41, 5.74) is 1.11. The molecule has 0 fully saturated rings.